The van der Waals surface area contributed by atoms with E-state index < -0.39 is 44.1 Å². The van der Waals surface area contributed by atoms with Crippen LogP contribution in [0.2, 0.25) is 0 Å². The fourth-order valence-corrected chi connectivity index (χ4v) is 6.84. The highest BCUT2D eigenvalue weighted by Gasteiger charge is 2.89. The zero-order valence-corrected chi connectivity index (χ0v) is 17.8. The minimum atomic E-state index is -1.86. The summed E-state index contributed by atoms with van der Waals surface area (Å²) in [7, 11) is 2.53. The van der Waals surface area contributed by atoms with Crippen molar-refractivity contribution in [2.45, 2.75) is 15.5 Å². The van der Waals surface area contributed by atoms with Gasteiger partial charge in [-0.2, -0.15) is 0 Å². The molecule has 0 spiro atoms. The predicted octanol–water partition coefficient (Wildman–Crippen LogP) is 3.36. The molecule has 0 N–H and O–H groups in total. The summed E-state index contributed by atoms with van der Waals surface area (Å²) in [6.07, 6.45) is 0. The van der Waals surface area contributed by atoms with Crippen molar-refractivity contribution in [2.24, 2.45) is 11.8 Å². The molecule has 2 aliphatic carbocycles. The number of fused-ring (bicyclic) bond motifs is 5. The van der Waals surface area contributed by atoms with Crippen LogP contribution in [0.1, 0.15) is 0 Å². The zero-order chi connectivity index (χ0) is 21.5. The summed E-state index contributed by atoms with van der Waals surface area (Å²) in [4.78, 5) is 34.1. The molecule has 2 amide bonds. The number of nitro groups is 1. The summed E-state index contributed by atoms with van der Waals surface area (Å²) in [5.74, 6) is -5.68. The third-order valence-corrected chi connectivity index (χ3v) is 8.46. The average molecular weight is 482 g/mol. The van der Waals surface area contributed by atoms with Crippen LogP contribution in [0.25, 0.3) is 0 Å². The quantitative estimate of drug-likeness (QED) is 0.215. The summed E-state index contributed by atoms with van der Waals surface area (Å²) < 4.78 is 11.0. The molecular formula is C17H12Cl4N2O6. The second-order valence-corrected chi connectivity index (χ2v) is 8.77. The van der Waals surface area contributed by atoms with E-state index in [1.54, 1.807) is 0 Å². The maximum absolute atomic E-state index is 13.3. The number of hydrogen-bond donors (Lipinski definition) is 0. The standard InChI is InChI=1S/C17H12Cl4N2O6/c1-28-17(29-2)15(20)9-10(16(17,21)12(19)11(15)18)14(25)22(13(9)24)7-3-5-8(6-4-7)23(26)27/h3-6,9-10H,1-2H3. The number of non-ortho nitro benzene ring substituents is 1. The Morgan fingerprint density at radius 3 is 1.72 bits per heavy atom. The van der Waals surface area contributed by atoms with Crippen LogP contribution < -0.4 is 4.90 Å². The monoisotopic (exact) mass is 480 g/mol. The summed E-state index contributed by atoms with van der Waals surface area (Å²) >= 11 is 26.4. The molecule has 2 bridgehead atoms. The number of hydrogen-bond acceptors (Lipinski definition) is 6. The molecule has 2 fully saturated rings. The SMILES string of the molecule is COC1(OC)C2(Cl)C(Cl)=C(Cl)C1(Cl)C1C(=O)N(c3ccc([N+](=O)[O-])cc3)C(=O)C12. The van der Waals surface area contributed by atoms with Gasteiger partial charge in [-0.3, -0.25) is 19.7 Å². The largest absolute Gasteiger partial charge is 0.350 e. The number of imide groups is 1. The number of nitro benzene ring substituents is 1. The molecular weight excluding hydrogens is 470 g/mol. The number of anilines is 1. The molecule has 12 heteroatoms. The Morgan fingerprint density at radius 2 is 1.38 bits per heavy atom. The van der Waals surface area contributed by atoms with Gasteiger partial charge in [-0.1, -0.05) is 23.2 Å². The number of benzene rings is 1. The highest BCUT2D eigenvalue weighted by Crippen LogP contribution is 2.75. The lowest BCUT2D eigenvalue weighted by Crippen LogP contribution is -2.60. The number of carbonyl (C=O) groups excluding carboxylic acids is 2. The van der Waals surface area contributed by atoms with Gasteiger partial charge in [0.1, 0.15) is 9.75 Å². The first-order valence-corrected chi connectivity index (χ1v) is 9.72. The van der Waals surface area contributed by atoms with Gasteiger partial charge < -0.3 is 9.47 Å². The van der Waals surface area contributed by atoms with Gasteiger partial charge in [0.15, 0.2) is 0 Å². The van der Waals surface area contributed by atoms with E-state index >= 15 is 0 Å². The van der Waals surface area contributed by atoms with Crippen LogP contribution >= 0.6 is 46.4 Å². The Hall–Kier alpha value is -1.42. The predicted molar refractivity (Wildman–Crippen MR) is 105 cm³/mol. The second kappa shape index (κ2) is 6.29. The minimum Gasteiger partial charge on any atom is -0.350 e. The summed E-state index contributed by atoms with van der Waals surface area (Å²) in [6.45, 7) is 0. The number of carbonyl (C=O) groups is 2. The normalized spacial score (nSPS) is 34.9. The molecule has 0 aromatic heterocycles. The summed E-state index contributed by atoms with van der Waals surface area (Å²) in [5, 5.41) is 10.6. The highest BCUT2D eigenvalue weighted by atomic mass is 35.5. The molecule has 154 valence electrons. The van der Waals surface area contributed by atoms with Crippen LogP contribution in [-0.4, -0.2) is 46.5 Å². The van der Waals surface area contributed by atoms with E-state index in [1.165, 1.54) is 38.5 Å². The van der Waals surface area contributed by atoms with Crippen molar-refractivity contribution in [3.8, 4) is 0 Å². The Kier molecular flexibility index (Phi) is 4.52. The third kappa shape index (κ3) is 2.05. The van der Waals surface area contributed by atoms with Crippen molar-refractivity contribution in [3.05, 3.63) is 44.4 Å². The maximum atomic E-state index is 13.3. The van der Waals surface area contributed by atoms with Gasteiger partial charge in [-0.05, 0) is 12.1 Å². The second-order valence-electron chi connectivity index (χ2n) is 6.82. The van der Waals surface area contributed by atoms with Crippen LogP contribution in [0, 0.1) is 22.0 Å². The number of alkyl halides is 2. The third-order valence-electron chi connectivity index (χ3n) is 5.85. The minimum absolute atomic E-state index is 0.132. The van der Waals surface area contributed by atoms with Crippen LogP contribution in [0.5, 0.6) is 0 Å². The Morgan fingerprint density at radius 1 is 0.966 bits per heavy atom. The molecule has 1 aromatic rings. The Bertz CT molecular complexity index is 948. The van der Waals surface area contributed by atoms with Crippen LogP contribution in [-0.2, 0) is 19.1 Å². The van der Waals surface area contributed by atoms with E-state index in [2.05, 4.69) is 0 Å². The van der Waals surface area contributed by atoms with E-state index in [0.29, 0.717) is 0 Å². The van der Waals surface area contributed by atoms with Crippen LogP contribution in [0.4, 0.5) is 11.4 Å². The van der Waals surface area contributed by atoms with Crippen molar-refractivity contribution < 1.29 is 24.0 Å². The Labute approximate surface area is 184 Å². The lowest BCUT2D eigenvalue weighted by atomic mass is 9.84. The van der Waals surface area contributed by atoms with Crippen molar-refractivity contribution in [3.63, 3.8) is 0 Å². The van der Waals surface area contributed by atoms with Gasteiger partial charge in [0.2, 0.25) is 17.6 Å². The van der Waals surface area contributed by atoms with Crippen molar-refractivity contribution in [1.29, 1.82) is 0 Å². The number of ether oxygens (including phenoxy) is 2. The smallest absolute Gasteiger partial charge is 0.269 e. The molecule has 1 saturated carbocycles. The fraction of sp³-hybridized carbons (Fsp3) is 0.412. The van der Waals surface area contributed by atoms with E-state index in [9.17, 15) is 19.7 Å². The summed E-state index contributed by atoms with van der Waals surface area (Å²) in [5.41, 5.74) is -0.0612. The fourth-order valence-electron chi connectivity index (χ4n) is 4.68. The first kappa shape index (κ1) is 20.8. The number of methoxy groups -OCH3 is 2. The lowest BCUT2D eigenvalue weighted by Gasteiger charge is -2.42. The molecule has 4 atom stereocenters. The van der Waals surface area contributed by atoms with Gasteiger partial charge in [-0.15, -0.1) is 23.2 Å². The molecule has 1 aromatic carbocycles. The van der Waals surface area contributed by atoms with Crippen LogP contribution in [0.3, 0.4) is 0 Å². The molecule has 29 heavy (non-hydrogen) atoms. The van der Waals surface area contributed by atoms with E-state index in [4.69, 9.17) is 55.9 Å². The molecule has 1 saturated heterocycles. The number of rotatable bonds is 4. The number of amides is 2. The lowest BCUT2D eigenvalue weighted by molar-refractivity contribution is -0.384. The van der Waals surface area contributed by atoms with E-state index in [0.717, 1.165) is 4.90 Å². The van der Waals surface area contributed by atoms with Crippen molar-refractivity contribution in [1.82, 2.24) is 0 Å². The summed E-state index contributed by atoms with van der Waals surface area (Å²) in [6, 6.07) is 4.93. The first-order valence-electron chi connectivity index (χ1n) is 8.21. The van der Waals surface area contributed by atoms with Crippen molar-refractivity contribution in [2.75, 3.05) is 19.1 Å². The number of nitrogens with zero attached hydrogens (tertiary/aromatic N) is 2. The number of halogens is 4. The molecule has 1 heterocycles. The van der Waals surface area contributed by atoms with Gasteiger partial charge in [-0.25, -0.2) is 4.90 Å². The molecule has 1 aliphatic heterocycles. The first-order chi connectivity index (χ1) is 13.5. The topological polar surface area (TPSA) is 99.0 Å². The molecule has 8 nitrogen and oxygen atoms in total. The molecule has 4 rings (SSSR count). The van der Waals surface area contributed by atoms with Gasteiger partial charge in [0.25, 0.3) is 5.69 Å². The Balaban J connectivity index is 1.87. The van der Waals surface area contributed by atoms with Gasteiger partial charge in [0, 0.05) is 26.4 Å². The maximum Gasteiger partial charge on any atom is 0.269 e. The molecule has 0 radical (unpaired) electrons. The molecule has 3 aliphatic rings. The van der Waals surface area contributed by atoms with Crippen LogP contribution in [0.15, 0.2) is 34.3 Å². The zero-order valence-electron chi connectivity index (χ0n) is 14.8. The average Bonchev–Trinajstić information content (AvgIpc) is 3.12. The highest BCUT2D eigenvalue weighted by molar-refractivity contribution is 6.54. The van der Waals surface area contributed by atoms with Gasteiger partial charge >= 0.3 is 0 Å². The van der Waals surface area contributed by atoms with Gasteiger partial charge in [0.05, 0.1) is 32.5 Å². The molecule has 4 unspecified atom stereocenters. The van der Waals surface area contributed by atoms with Crippen molar-refractivity contribution >= 4 is 69.6 Å². The van der Waals surface area contributed by atoms with E-state index in [1.807, 2.05) is 0 Å². The van der Waals surface area contributed by atoms with E-state index in [-0.39, 0.29) is 21.4 Å².